The third-order valence-electron chi connectivity index (χ3n) is 1.37. The van der Waals surface area contributed by atoms with Crippen LogP contribution in [0.3, 0.4) is 0 Å². The first-order chi connectivity index (χ1) is 6.18. The number of ketones is 1. The summed E-state index contributed by atoms with van der Waals surface area (Å²) in [4.78, 5) is 21.9. The second-order valence-electron chi connectivity index (χ2n) is 2.67. The number of carbonyl (C=O) groups excluding carboxylic acids is 2. The Balaban J connectivity index is 2.50. The zero-order valence-corrected chi connectivity index (χ0v) is 9.03. The molecular formula is C10H10O2Se. The van der Waals surface area contributed by atoms with Crippen LogP contribution in [-0.4, -0.2) is 25.4 Å². The van der Waals surface area contributed by atoms with Crippen molar-refractivity contribution in [3.63, 3.8) is 0 Å². The monoisotopic (exact) mass is 242 g/mol. The van der Waals surface area contributed by atoms with Crippen LogP contribution < -0.4 is 4.46 Å². The summed E-state index contributed by atoms with van der Waals surface area (Å²) in [6, 6.07) is 9.54. The molecule has 0 saturated heterocycles. The van der Waals surface area contributed by atoms with Crippen LogP contribution in [0.2, 0.25) is 0 Å². The number of hydrogen-bond donors (Lipinski definition) is 0. The fourth-order valence-corrected chi connectivity index (χ4v) is 2.60. The van der Waals surface area contributed by atoms with E-state index in [1.54, 1.807) is 0 Å². The predicted molar refractivity (Wildman–Crippen MR) is 52.1 cm³/mol. The summed E-state index contributed by atoms with van der Waals surface area (Å²) in [5, 5.41) is 0. The second-order valence-corrected chi connectivity index (χ2v) is 5.04. The van der Waals surface area contributed by atoms with Crippen LogP contribution in [0.25, 0.3) is 0 Å². The molecule has 0 fully saturated rings. The first-order valence-corrected chi connectivity index (χ1v) is 5.65. The summed E-state index contributed by atoms with van der Waals surface area (Å²) in [6.45, 7) is 1.44. The fraction of sp³-hybridized carbons (Fsp3) is 0.200. The van der Waals surface area contributed by atoms with Gasteiger partial charge in [-0.25, -0.2) is 0 Å². The second kappa shape index (κ2) is 4.95. The summed E-state index contributed by atoms with van der Waals surface area (Å²) in [6.07, 6.45) is 0.0783. The van der Waals surface area contributed by atoms with Gasteiger partial charge >= 0.3 is 83.1 Å². The normalized spacial score (nSPS) is 9.62. The van der Waals surface area contributed by atoms with Gasteiger partial charge in [-0.15, -0.1) is 0 Å². The van der Waals surface area contributed by atoms with Crippen molar-refractivity contribution in [1.29, 1.82) is 0 Å². The molecule has 3 heteroatoms. The molecular weight excluding hydrogens is 231 g/mol. The van der Waals surface area contributed by atoms with Gasteiger partial charge in [0, 0.05) is 0 Å². The van der Waals surface area contributed by atoms with E-state index < -0.39 is 0 Å². The SMILES string of the molecule is CC(=O)CC(=O)[Se]c1ccccc1. The Hall–Kier alpha value is -0.921. The van der Waals surface area contributed by atoms with Gasteiger partial charge in [-0.2, -0.15) is 0 Å². The third kappa shape index (κ3) is 4.02. The zero-order chi connectivity index (χ0) is 9.68. The van der Waals surface area contributed by atoms with Crippen molar-refractivity contribution >= 4 is 29.9 Å². The van der Waals surface area contributed by atoms with Crippen LogP contribution >= 0.6 is 0 Å². The van der Waals surface area contributed by atoms with Crippen LogP contribution in [0.15, 0.2) is 30.3 Å². The Morgan fingerprint density at radius 3 is 2.38 bits per heavy atom. The van der Waals surface area contributed by atoms with Crippen molar-refractivity contribution in [2.24, 2.45) is 0 Å². The average molecular weight is 241 g/mol. The van der Waals surface area contributed by atoms with Gasteiger partial charge in [0.15, 0.2) is 0 Å². The first-order valence-electron chi connectivity index (χ1n) is 3.93. The summed E-state index contributed by atoms with van der Waals surface area (Å²) in [7, 11) is 0. The maximum absolute atomic E-state index is 11.2. The van der Waals surface area contributed by atoms with Crippen LogP contribution in [0.4, 0.5) is 0 Å². The molecule has 0 heterocycles. The van der Waals surface area contributed by atoms with E-state index in [0.717, 1.165) is 4.46 Å². The van der Waals surface area contributed by atoms with Crippen molar-refractivity contribution < 1.29 is 9.59 Å². The molecule has 0 atom stereocenters. The Kier molecular flexibility index (Phi) is 3.87. The summed E-state index contributed by atoms with van der Waals surface area (Å²) < 4.78 is 1.08. The Bertz CT molecular complexity index is 306. The van der Waals surface area contributed by atoms with Crippen LogP contribution in [-0.2, 0) is 9.59 Å². The Labute approximate surface area is 83.5 Å². The van der Waals surface area contributed by atoms with Gasteiger partial charge in [0.25, 0.3) is 0 Å². The molecule has 0 amide bonds. The molecule has 0 aliphatic carbocycles. The number of carbonyl (C=O) groups is 2. The molecule has 0 saturated carbocycles. The van der Waals surface area contributed by atoms with E-state index in [0.29, 0.717) is 0 Å². The molecule has 0 spiro atoms. The zero-order valence-electron chi connectivity index (χ0n) is 7.32. The molecule has 1 aromatic rings. The number of Topliss-reactive ketones (excluding diaryl/α,β-unsaturated/α-hetero) is 1. The van der Waals surface area contributed by atoms with Crippen molar-refractivity contribution in [3.05, 3.63) is 30.3 Å². The van der Waals surface area contributed by atoms with Gasteiger partial charge in [0.2, 0.25) is 0 Å². The van der Waals surface area contributed by atoms with Gasteiger partial charge in [-0.3, -0.25) is 0 Å². The molecule has 68 valence electrons. The topological polar surface area (TPSA) is 34.1 Å². The van der Waals surface area contributed by atoms with E-state index in [1.165, 1.54) is 6.92 Å². The van der Waals surface area contributed by atoms with Gasteiger partial charge in [0.1, 0.15) is 0 Å². The van der Waals surface area contributed by atoms with Gasteiger partial charge in [-0.1, -0.05) is 0 Å². The van der Waals surface area contributed by atoms with Crippen LogP contribution in [0.5, 0.6) is 0 Å². The van der Waals surface area contributed by atoms with Crippen LogP contribution in [0.1, 0.15) is 13.3 Å². The summed E-state index contributed by atoms with van der Waals surface area (Å²) >= 11 is -0.201. The minimum absolute atomic E-state index is 0.0474. The summed E-state index contributed by atoms with van der Waals surface area (Å²) in [5.41, 5.74) is 0. The van der Waals surface area contributed by atoms with Gasteiger partial charge in [0.05, 0.1) is 0 Å². The van der Waals surface area contributed by atoms with Crippen molar-refractivity contribution in [3.8, 4) is 0 Å². The predicted octanol–water partition coefficient (Wildman–Crippen LogP) is 0.522. The van der Waals surface area contributed by atoms with Crippen molar-refractivity contribution in [1.82, 2.24) is 0 Å². The Morgan fingerprint density at radius 1 is 1.23 bits per heavy atom. The average Bonchev–Trinajstić information content (AvgIpc) is 2.04. The quantitative estimate of drug-likeness (QED) is 0.569. The van der Waals surface area contributed by atoms with E-state index in [4.69, 9.17) is 0 Å². The molecule has 0 aliphatic heterocycles. The van der Waals surface area contributed by atoms with E-state index in [9.17, 15) is 9.59 Å². The van der Waals surface area contributed by atoms with Gasteiger partial charge < -0.3 is 0 Å². The molecule has 0 bridgehead atoms. The third-order valence-corrected chi connectivity index (χ3v) is 3.21. The minimum atomic E-state index is -0.201. The van der Waals surface area contributed by atoms with E-state index in [-0.39, 0.29) is 31.8 Å². The molecule has 0 unspecified atom stereocenters. The molecule has 2 nitrogen and oxygen atoms in total. The fourth-order valence-electron chi connectivity index (χ4n) is 0.859. The van der Waals surface area contributed by atoms with Crippen LogP contribution in [0, 0.1) is 0 Å². The maximum atomic E-state index is 11.2. The molecule has 1 rings (SSSR count). The van der Waals surface area contributed by atoms with E-state index >= 15 is 0 Å². The van der Waals surface area contributed by atoms with Crippen molar-refractivity contribution in [2.75, 3.05) is 0 Å². The molecule has 0 aliphatic rings. The molecule has 13 heavy (non-hydrogen) atoms. The number of hydrogen-bond acceptors (Lipinski definition) is 2. The van der Waals surface area contributed by atoms with E-state index in [1.807, 2.05) is 30.3 Å². The number of rotatable bonds is 4. The Morgan fingerprint density at radius 2 is 1.85 bits per heavy atom. The van der Waals surface area contributed by atoms with Gasteiger partial charge in [-0.05, 0) is 0 Å². The molecule has 1 aromatic carbocycles. The molecule has 0 N–H and O–H groups in total. The summed E-state index contributed by atoms with van der Waals surface area (Å²) in [5.74, 6) is -0.0530. The standard InChI is InChI=1S/C10H10O2Se/c1-8(11)7-10(12)13-9-5-3-2-4-6-9/h2-6H,7H2,1H3. The molecule has 0 radical (unpaired) electrons. The van der Waals surface area contributed by atoms with Crippen molar-refractivity contribution in [2.45, 2.75) is 13.3 Å². The number of benzene rings is 1. The molecule has 0 aromatic heterocycles. The first kappa shape index (κ1) is 10.2. The van der Waals surface area contributed by atoms with E-state index in [2.05, 4.69) is 0 Å².